The number of rotatable bonds is 4. The first-order chi connectivity index (χ1) is 7.49. The monoisotopic (exact) mass is 245 g/mol. The van der Waals surface area contributed by atoms with Gasteiger partial charge in [0.05, 0.1) is 16.7 Å². The first-order valence-electron chi connectivity index (χ1n) is 4.57. The summed E-state index contributed by atoms with van der Waals surface area (Å²) < 4.78 is 0. The standard InChI is InChI=1S/C10H12ClNO4/c11-6-3-1-2-5(8(6)10(15)16)9(14)7(13)4-12/h1-3,7,9,13-14H,4,12H2,(H,15,16). The van der Waals surface area contributed by atoms with Gasteiger partial charge in [-0.25, -0.2) is 4.79 Å². The fourth-order valence-corrected chi connectivity index (χ4v) is 1.61. The number of benzene rings is 1. The number of nitrogens with two attached hydrogens (primary N) is 1. The molecule has 6 heteroatoms. The fraction of sp³-hybridized carbons (Fsp3) is 0.300. The first kappa shape index (κ1) is 12.9. The van der Waals surface area contributed by atoms with Crippen LogP contribution in [0.2, 0.25) is 5.02 Å². The lowest BCUT2D eigenvalue weighted by Crippen LogP contribution is -2.28. The maximum Gasteiger partial charge on any atom is 0.337 e. The van der Waals surface area contributed by atoms with E-state index < -0.39 is 18.2 Å². The number of hydrogen-bond acceptors (Lipinski definition) is 4. The zero-order valence-corrected chi connectivity index (χ0v) is 9.05. The van der Waals surface area contributed by atoms with E-state index in [1.807, 2.05) is 0 Å². The summed E-state index contributed by atoms with van der Waals surface area (Å²) in [5.74, 6) is -1.26. The number of aliphatic hydroxyl groups is 2. The van der Waals surface area contributed by atoms with Crippen LogP contribution in [0.1, 0.15) is 22.0 Å². The molecule has 0 heterocycles. The summed E-state index contributed by atoms with van der Waals surface area (Å²) in [5.41, 5.74) is 5.02. The number of aliphatic hydroxyl groups excluding tert-OH is 2. The lowest BCUT2D eigenvalue weighted by molar-refractivity contribution is 0.0232. The van der Waals surface area contributed by atoms with Crippen LogP contribution in [0.25, 0.3) is 0 Å². The maximum absolute atomic E-state index is 10.9. The molecular weight excluding hydrogens is 234 g/mol. The highest BCUT2D eigenvalue weighted by Crippen LogP contribution is 2.26. The largest absolute Gasteiger partial charge is 0.478 e. The first-order valence-corrected chi connectivity index (χ1v) is 4.94. The minimum atomic E-state index is -1.37. The molecule has 0 aromatic heterocycles. The average molecular weight is 246 g/mol. The van der Waals surface area contributed by atoms with E-state index in [-0.39, 0.29) is 22.7 Å². The topological polar surface area (TPSA) is 104 Å². The summed E-state index contributed by atoms with van der Waals surface area (Å²) in [5, 5.41) is 28.0. The van der Waals surface area contributed by atoms with Crippen molar-refractivity contribution in [3.63, 3.8) is 0 Å². The molecule has 16 heavy (non-hydrogen) atoms. The summed E-state index contributed by atoms with van der Waals surface area (Å²) in [6.45, 7) is -0.174. The molecule has 0 radical (unpaired) electrons. The van der Waals surface area contributed by atoms with Gasteiger partial charge in [-0.15, -0.1) is 0 Å². The van der Waals surface area contributed by atoms with Gasteiger partial charge in [-0.1, -0.05) is 23.7 Å². The van der Waals surface area contributed by atoms with E-state index in [4.69, 9.17) is 22.4 Å². The van der Waals surface area contributed by atoms with Gasteiger partial charge in [-0.3, -0.25) is 0 Å². The second kappa shape index (κ2) is 5.27. The third-order valence-electron chi connectivity index (χ3n) is 2.18. The van der Waals surface area contributed by atoms with E-state index in [1.165, 1.54) is 18.2 Å². The van der Waals surface area contributed by atoms with Crippen molar-refractivity contribution in [2.75, 3.05) is 6.54 Å². The molecule has 0 fully saturated rings. The summed E-state index contributed by atoms with van der Waals surface area (Å²) in [6.07, 6.45) is -2.59. The molecule has 0 bridgehead atoms. The Balaban J connectivity index is 3.22. The molecule has 0 saturated carbocycles. The number of aromatic carboxylic acids is 1. The average Bonchev–Trinajstić information content (AvgIpc) is 2.26. The van der Waals surface area contributed by atoms with Gasteiger partial charge in [0.25, 0.3) is 0 Å². The fourth-order valence-electron chi connectivity index (χ4n) is 1.35. The van der Waals surface area contributed by atoms with Crippen LogP contribution in [0.3, 0.4) is 0 Å². The van der Waals surface area contributed by atoms with E-state index in [0.29, 0.717) is 0 Å². The molecule has 2 atom stereocenters. The van der Waals surface area contributed by atoms with Crippen LogP contribution in [0.15, 0.2) is 18.2 Å². The van der Waals surface area contributed by atoms with Gasteiger partial charge < -0.3 is 21.1 Å². The highest BCUT2D eigenvalue weighted by Gasteiger charge is 2.24. The molecule has 0 aliphatic rings. The van der Waals surface area contributed by atoms with Crippen molar-refractivity contribution in [1.29, 1.82) is 0 Å². The van der Waals surface area contributed by atoms with Crippen molar-refractivity contribution in [1.82, 2.24) is 0 Å². The third kappa shape index (κ3) is 2.51. The van der Waals surface area contributed by atoms with Gasteiger partial charge >= 0.3 is 5.97 Å². The molecule has 0 aliphatic carbocycles. The van der Waals surface area contributed by atoms with Gasteiger partial charge in [0.15, 0.2) is 0 Å². The summed E-state index contributed by atoms with van der Waals surface area (Å²) in [7, 11) is 0. The van der Waals surface area contributed by atoms with E-state index in [0.717, 1.165) is 0 Å². The van der Waals surface area contributed by atoms with E-state index in [9.17, 15) is 15.0 Å². The maximum atomic E-state index is 10.9. The highest BCUT2D eigenvalue weighted by atomic mass is 35.5. The number of halogens is 1. The van der Waals surface area contributed by atoms with Crippen molar-refractivity contribution in [3.8, 4) is 0 Å². The Morgan fingerprint density at radius 3 is 2.56 bits per heavy atom. The van der Waals surface area contributed by atoms with Crippen LogP contribution in [0, 0.1) is 0 Å². The molecule has 1 rings (SSSR count). The number of carboxylic acids is 1. The van der Waals surface area contributed by atoms with E-state index in [1.54, 1.807) is 0 Å². The molecule has 0 amide bonds. The van der Waals surface area contributed by atoms with Crippen molar-refractivity contribution >= 4 is 17.6 Å². The minimum Gasteiger partial charge on any atom is -0.478 e. The van der Waals surface area contributed by atoms with Gasteiger partial charge in [0.1, 0.15) is 6.10 Å². The Kier molecular flexibility index (Phi) is 4.26. The van der Waals surface area contributed by atoms with Crippen LogP contribution < -0.4 is 5.73 Å². The summed E-state index contributed by atoms with van der Waals surface area (Å²) in [4.78, 5) is 10.9. The number of hydrogen-bond donors (Lipinski definition) is 4. The molecule has 0 saturated heterocycles. The van der Waals surface area contributed by atoms with Gasteiger partial charge in [0.2, 0.25) is 0 Å². The Hall–Kier alpha value is -1.14. The second-order valence-corrected chi connectivity index (χ2v) is 3.66. The van der Waals surface area contributed by atoms with E-state index >= 15 is 0 Å². The van der Waals surface area contributed by atoms with Crippen LogP contribution >= 0.6 is 11.6 Å². The Labute approximate surface area is 97.1 Å². The predicted octanol–water partition coefficient (Wildman–Crippen LogP) is 0.391. The van der Waals surface area contributed by atoms with Crippen LogP contribution in [0.4, 0.5) is 0 Å². The van der Waals surface area contributed by atoms with Crippen molar-refractivity contribution < 1.29 is 20.1 Å². The number of carbonyl (C=O) groups is 1. The highest BCUT2D eigenvalue weighted by molar-refractivity contribution is 6.33. The molecule has 5 N–H and O–H groups in total. The SMILES string of the molecule is NCC(O)C(O)c1cccc(Cl)c1C(=O)O. The lowest BCUT2D eigenvalue weighted by Gasteiger charge is -2.18. The molecule has 2 unspecified atom stereocenters. The smallest absolute Gasteiger partial charge is 0.337 e. The quantitative estimate of drug-likeness (QED) is 0.614. The Bertz CT molecular complexity index is 396. The van der Waals surface area contributed by atoms with Gasteiger partial charge in [-0.2, -0.15) is 0 Å². The zero-order valence-electron chi connectivity index (χ0n) is 8.30. The lowest BCUT2D eigenvalue weighted by atomic mass is 9.98. The Morgan fingerprint density at radius 2 is 2.06 bits per heavy atom. The summed E-state index contributed by atoms with van der Waals surface area (Å²) in [6, 6.07) is 4.28. The predicted molar refractivity (Wildman–Crippen MR) is 58.4 cm³/mol. The molecule has 88 valence electrons. The van der Waals surface area contributed by atoms with Crippen LogP contribution in [-0.4, -0.2) is 33.9 Å². The zero-order chi connectivity index (χ0) is 12.3. The minimum absolute atomic E-state index is 0.00766. The van der Waals surface area contributed by atoms with Crippen molar-refractivity contribution in [2.45, 2.75) is 12.2 Å². The van der Waals surface area contributed by atoms with Crippen LogP contribution in [-0.2, 0) is 0 Å². The normalized spacial score (nSPS) is 14.5. The molecule has 0 spiro atoms. The van der Waals surface area contributed by atoms with E-state index in [2.05, 4.69) is 0 Å². The molecule has 5 nitrogen and oxygen atoms in total. The van der Waals surface area contributed by atoms with Crippen molar-refractivity contribution in [2.24, 2.45) is 5.73 Å². The molecule has 0 aliphatic heterocycles. The summed E-state index contributed by atoms with van der Waals surface area (Å²) >= 11 is 5.71. The van der Waals surface area contributed by atoms with Crippen molar-refractivity contribution in [3.05, 3.63) is 34.3 Å². The number of carboxylic acid groups (broad SMARTS) is 1. The Morgan fingerprint density at radius 1 is 1.44 bits per heavy atom. The third-order valence-corrected chi connectivity index (χ3v) is 2.50. The second-order valence-electron chi connectivity index (χ2n) is 3.26. The van der Waals surface area contributed by atoms with Crippen LogP contribution in [0.5, 0.6) is 0 Å². The molecule has 1 aromatic rings. The van der Waals surface area contributed by atoms with Gasteiger partial charge in [0, 0.05) is 6.54 Å². The van der Waals surface area contributed by atoms with Gasteiger partial charge in [-0.05, 0) is 11.6 Å². The molecule has 1 aromatic carbocycles. The molecular formula is C10H12ClNO4.